The molecular weight excluding hydrogens is 240 g/mol. The lowest BCUT2D eigenvalue weighted by atomic mass is 9.95. The monoisotopic (exact) mass is 264 g/mol. The molecular formula is C14H24N4O. The lowest BCUT2D eigenvalue weighted by Crippen LogP contribution is -2.40. The molecule has 5 heteroatoms. The molecule has 0 radical (unpaired) electrons. The van der Waals surface area contributed by atoms with Gasteiger partial charge in [0, 0.05) is 18.5 Å². The minimum Gasteiger partial charge on any atom is -0.336 e. The molecule has 19 heavy (non-hydrogen) atoms. The van der Waals surface area contributed by atoms with Crippen LogP contribution in [0.4, 0.5) is 0 Å². The molecule has 1 amide bonds. The second-order valence-electron chi connectivity index (χ2n) is 6.43. The van der Waals surface area contributed by atoms with Crippen LogP contribution in [-0.4, -0.2) is 39.1 Å². The Hall–Kier alpha value is -1.39. The second kappa shape index (κ2) is 5.31. The van der Waals surface area contributed by atoms with Crippen molar-refractivity contribution in [2.24, 2.45) is 5.92 Å². The maximum Gasteiger partial charge on any atom is 0.293 e. The van der Waals surface area contributed by atoms with Crippen molar-refractivity contribution in [3.05, 3.63) is 11.6 Å². The molecule has 0 spiro atoms. The summed E-state index contributed by atoms with van der Waals surface area (Å²) < 4.78 is 0. The summed E-state index contributed by atoms with van der Waals surface area (Å²) >= 11 is 0. The minimum absolute atomic E-state index is 0.0371. The highest BCUT2D eigenvalue weighted by Gasteiger charge is 2.27. The zero-order valence-corrected chi connectivity index (χ0v) is 12.4. The van der Waals surface area contributed by atoms with Crippen molar-refractivity contribution in [2.45, 2.75) is 52.4 Å². The van der Waals surface area contributed by atoms with E-state index >= 15 is 0 Å². The first-order valence-corrected chi connectivity index (χ1v) is 7.14. The van der Waals surface area contributed by atoms with Crippen LogP contribution >= 0.6 is 0 Å². The first-order valence-electron chi connectivity index (χ1n) is 7.14. The summed E-state index contributed by atoms with van der Waals surface area (Å²) in [5.41, 5.74) is -0.112. The Balaban J connectivity index is 2.09. The largest absolute Gasteiger partial charge is 0.336 e. The van der Waals surface area contributed by atoms with Crippen LogP contribution in [0.15, 0.2) is 0 Å². The van der Waals surface area contributed by atoms with Gasteiger partial charge in [0.2, 0.25) is 5.82 Å². The number of rotatable bonds is 2. The smallest absolute Gasteiger partial charge is 0.293 e. The van der Waals surface area contributed by atoms with Gasteiger partial charge in [0.15, 0.2) is 0 Å². The molecule has 0 saturated carbocycles. The molecule has 5 nitrogen and oxygen atoms in total. The van der Waals surface area contributed by atoms with E-state index in [1.54, 1.807) is 0 Å². The Morgan fingerprint density at radius 3 is 2.79 bits per heavy atom. The minimum atomic E-state index is -0.112. The number of H-pyrrole nitrogens is 1. The molecule has 1 aliphatic heterocycles. The molecule has 0 aliphatic carbocycles. The van der Waals surface area contributed by atoms with Gasteiger partial charge in [0.05, 0.1) is 0 Å². The summed E-state index contributed by atoms with van der Waals surface area (Å²) in [7, 11) is 0. The highest BCUT2D eigenvalue weighted by Crippen LogP contribution is 2.21. The van der Waals surface area contributed by atoms with Crippen LogP contribution in [0.5, 0.6) is 0 Å². The van der Waals surface area contributed by atoms with Gasteiger partial charge in [-0.25, -0.2) is 4.98 Å². The normalized spacial score (nSPS) is 20.6. The van der Waals surface area contributed by atoms with Gasteiger partial charge in [-0.15, -0.1) is 5.10 Å². The third-order valence-corrected chi connectivity index (χ3v) is 3.77. The number of nitrogens with one attached hydrogen (secondary N) is 1. The molecule has 1 atom stereocenters. The zero-order valence-electron chi connectivity index (χ0n) is 12.4. The summed E-state index contributed by atoms with van der Waals surface area (Å²) in [6.45, 7) is 10.0. The van der Waals surface area contributed by atoms with Gasteiger partial charge in [-0.2, -0.15) is 0 Å². The van der Waals surface area contributed by atoms with Crippen molar-refractivity contribution in [1.29, 1.82) is 0 Å². The molecule has 0 aromatic carbocycles. The average Bonchev–Trinajstić information content (AvgIpc) is 2.87. The topological polar surface area (TPSA) is 61.9 Å². The first kappa shape index (κ1) is 14.0. The van der Waals surface area contributed by atoms with E-state index in [2.05, 4.69) is 42.9 Å². The van der Waals surface area contributed by atoms with Crippen molar-refractivity contribution in [3.8, 4) is 0 Å². The van der Waals surface area contributed by atoms with Crippen LogP contribution < -0.4 is 0 Å². The molecule has 1 aromatic heterocycles. The van der Waals surface area contributed by atoms with Gasteiger partial charge in [-0.3, -0.25) is 9.89 Å². The number of amides is 1. The second-order valence-corrected chi connectivity index (χ2v) is 6.43. The quantitative estimate of drug-likeness (QED) is 0.892. The SMILES string of the molecule is CCC1CCCN(C(=O)c2n[nH]c(C(C)(C)C)n2)C1. The number of aromatic amines is 1. The van der Waals surface area contributed by atoms with Crippen molar-refractivity contribution in [3.63, 3.8) is 0 Å². The van der Waals surface area contributed by atoms with Gasteiger partial charge in [0.1, 0.15) is 5.82 Å². The summed E-state index contributed by atoms with van der Waals surface area (Å²) in [5.74, 6) is 1.66. The molecule has 106 valence electrons. The van der Waals surface area contributed by atoms with Gasteiger partial charge in [0.25, 0.3) is 5.91 Å². The Morgan fingerprint density at radius 2 is 2.21 bits per heavy atom. The number of carbonyl (C=O) groups is 1. The Labute approximate surface area is 114 Å². The Bertz CT molecular complexity index is 447. The van der Waals surface area contributed by atoms with Crippen LogP contribution in [0, 0.1) is 5.92 Å². The lowest BCUT2D eigenvalue weighted by molar-refractivity contribution is 0.0659. The van der Waals surface area contributed by atoms with Crippen LogP contribution in [0.2, 0.25) is 0 Å². The van der Waals surface area contributed by atoms with E-state index in [1.165, 1.54) is 6.42 Å². The Kier molecular flexibility index (Phi) is 3.92. The highest BCUT2D eigenvalue weighted by molar-refractivity contribution is 5.90. The van der Waals surface area contributed by atoms with Crippen molar-refractivity contribution >= 4 is 5.91 Å². The summed E-state index contributed by atoms with van der Waals surface area (Å²) in [5, 5.41) is 6.96. The van der Waals surface area contributed by atoms with Crippen LogP contribution in [0.25, 0.3) is 0 Å². The number of likely N-dealkylation sites (tertiary alicyclic amines) is 1. The van der Waals surface area contributed by atoms with Gasteiger partial charge >= 0.3 is 0 Å². The first-order chi connectivity index (χ1) is 8.91. The molecule has 1 N–H and O–H groups in total. The van der Waals surface area contributed by atoms with Gasteiger partial charge in [-0.05, 0) is 18.8 Å². The standard InChI is InChI=1S/C14H24N4O/c1-5-10-7-6-8-18(9-10)12(19)11-15-13(17-16-11)14(2,3)4/h10H,5-9H2,1-4H3,(H,15,16,17). The molecule has 1 saturated heterocycles. The number of carbonyl (C=O) groups excluding carboxylic acids is 1. The van der Waals surface area contributed by atoms with Crippen molar-refractivity contribution in [2.75, 3.05) is 13.1 Å². The summed E-state index contributed by atoms with van der Waals surface area (Å²) in [6, 6.07) is 0. The summed E-state index contributed by atoms with van der Waals surface area (Å²) in [6.07, 6.45) is 3.44. The predicted molar refractivity (Wildman–Crippen MR) is 74.0 cm³/mol. The molecule has 2 rings (SSSR count). The molecule has 2 heterocycles. The van der Waals surface area contributed by atoms with Gasteiger partial charge in [-0.1, -0.05) is 34.1 Å². The fourth-order valence-corrected chi connectivity index (χ4v) is 2.42. The zero-order chi connectivity index (χ0) is 14.0. The van der Waals surface area contributed by atoms with E-state index in [0.29, 0.717) is 11.7 Å². The van der Waals surface area contributed by atoms with Crippen LogP contribution in [0.1, 0.15) is 63.4 Å². The maximum absolute atomic E-state index is 12.4. The fourth-order valence-electron chi connectivity index (χ4n) is 2.42. The van der Waals surface area contributed by atoms with Crippen molar-refractivity contribution < 1.29 is 4.79 Å². The van der Waals surface area contributed by atoms with Crippen molar-refractivity contribution in [1.82, 2.24) is 20.1 Å². The Morgan fingerprint density at radius 1 is 1.47 bits per heavy atom. The fraction of sp³-hybridized carbons (Fsp3) is 0.786. The van der Waals surface area contributed by atoms with Crippen LogP contribution in [0.3, 0.4) is 0 Å². The van der Waals surface area contributed by atoms with E-state index < -0.39 is 0 Å². The number of aromatic nitrogens is 3. The highest BCUT2D eigenvalue weighted by atomic mass is 16.2. The van der Waals surface area contributed by atoms with Gasteiger partial charge < -0.3 is 4.90 Å². The summed E-state index contributed by atoms with van der Waals surface area (Å²) in [4.78, 5) is 18.6. The lowest BCUT2D eigenvalue weighted by Gasteiger charge is -2.31. The van der Waals surface area contributed by atoms with E-state index in [0.717, 1.165) is 31.8 Å². The molecule has 1 aliphatic rings. The molecule has 1 aromatic rings. The van der Waals surface area contributed by atoms with E-state index in [-0.39, 0.29) is 11.3 Å². The number of piperidine rings is 1. The maximum atomic E-state index is 12.4. The third-order valence-electron chi connectivity index (χ3n) is 3.77. The van der Waals surface area contributed by atoms with E-state index in [4.69, 9.17) is 0 Å². The third kappa shape index (κ3) is 3.14. The molecule has 1 unspecified atom stereocenters. The molecule has 1 fully saturated rings. The number of hydrogen-bond donors (Lipinski definition) is 1. The van der Waals surface area contributed by atoms with Crippen LogP contribution in [-0.2, 0) is 5.41 Å². The van der Waals surface area contributed by atoms with E-state index in [1.807, 2.05) is 4.90 Å². The molecule has 0 bridgehead atoms. The van der Waals surface area contributed by atoms with E-state index in [9.17, 15) is 4.79 Å². The number of nitrogens with zero attached hydrogens (tertiary/aromatic N) is 3. The average molecular weight is 264 g/mol. The number of hydrogen-bond acceptors (Lipinski definition) is 3. The predicted octanol–water partition coefficient (Wildman–Crippen LogP) is 2.36.